The Balaban J connectivity index is 1.68. The fourth-order valence-corrected chi connectivity index (χ4v) is 23.3. The Hall–Kier alpha value is -3.31. The van der Waals surface area contributed by atoms with E-state index in [4.69, 9.17) is 0 Å². The first-order chi connectivity index (χ1) is 25.7. The minimum atomic E-state index is -2.00. The van der Waals surface area contributed by atoms with E-state index in [0.29, 0.717) is 22.2 Å². The molecule has 2 aliphatic carbocycles. The van der Waals surface area contributed by atoms with E-state index in [-0.39, 0.29) is 0 Å². The van der Waals surface area contributed by atoms with Gasteiger partial charge in [0.15, 0.2) is 0 Å². The van der Waals surface area contributed by atoms with Gasteiger partial charge < -0.3 is 0 Å². The average molecular weight is 747 g/mol. The number of benzene rings is 5. The molecular formula is C52H66Si2. The summed E-state index contributed by atoms with van der Waals surface area (Å²) in [6, 6.07) is 19.3. The van der Waals surface area contributed by atoms with Gasteiger partial charge in [-0.1, -0.05) is 143 Å². The summed E-state index contributed by atoms with van der Waals surface area (Å²) in [4.78, 5) is 0. The summed E-state index contributed by atoms with van der Waals surface area (Å²) < 4.78 is 0. The van der Waals surface area contributed by atoms with Gasteiger partial charge in [0.2, 0.25) is 0 Å². The lowest BCUT2D eigenvalue weighted by atomic mass is 9.86. The Morgan fingerprint density at radius 2 is 0.648 bits per heavy atom. The van der Waals surface area contributed by atoms with Crippen molar-refractivity contribution in [3.05, 3.63) is 81.9 Å². The van der Waals surface area contributed by atoms with Crippen LogP contribution < -0.4 is 0 Å². The molecule has 0 atom stereocenters. The van der Waals surface area contributed by atoms with E-state index in [1.807, 2.05) is 0 Å². The van der Waals surface area contributed by atoms with E-state index in [2.05, 4.69) is 155 Å². The maximum absolute atomic E-state index is 4.33. The Morgan fingerprint density at radius 3 is 0.870 bits per heavy atom. The zero-order valence-electron chi connectivity index (χ0n) is 35.7. The van der Waals surface area contributed by atoms with Crippen LogP contribution in [-0.4, -0.2) is 16.1 Å². The average Bonchev–Trinajstić information content (AvgIpc) is 3.87. The molecule has 282 valence electrons. The van der Waals surface area contributed by atoms with Crippen LogP contribution in [0.5, 0.6) is 0 Å². The van der Waals surface area contributed by atoms with Crippen LogP contribution in [0.15, 0.2) is 48.5 Å². The second kappa shape index (κ2) is 15.0. The maximum atomic E-state index is 4.33. The number of aryl methyl sites for hydroxylation is 4. The van der Waals surface area contributed by atoms with E-state index < -0.39 is 16.1 Å². The Kier molecular flexibility index (Phi) is 10.8. The molecule has 54 heavy (non-hydrogen) atoms. The van der Waals surface area contributed by atoms with Crippen LogP contribution in [0.1, 0.15) is 140 Å². The summed E-state index contributed by atoms with van der Waals surface area (Å²) in [5.74, 6) is 8.32. The van der Waals surface area contributed by atoms with Gasteiger partial charge in [-0.2, -0.15) is 0 Å². The molecule has 0 amide bonds. The Bertz CT molecular complexity index is 2080. The minimum Gasteiger partial charge on any atom is -0.125 e. The molecule has 0 nitrogen and oxygen atoms in total. The zero-order chi connectivity index (χ0) is 38.7. The Labute approximate surface area is 330 Å². The zero-order valence-corrected chi connectivity index (χ0v) is 37.7. The van der Waals surface area contributed by atoms with Crippen LogP contribution in [0.2, 0.25) is 33.2 Å². The third-order valence-electron chi connectivity index (χ3n) is 14.9. The van der Waals surface area contributed by atoms with Gasteiger partial charge >= 0.3 is 0 Å². The number of fused-ring (bicyclic) bond motifs is 4. The van der Waals surface area contributed by atoms with E-state index in [1.165, 1.54) is 128 Å². The highest BCUT2D eigenvalue weighted by Crippen LogP contribution is 2.51. The predicted molar refractivity (Wildman–Crippen MR) is 246 cm³/mol. The van der Waals surface area contributed by atoms with Crippen molar-refractivity contribution in [2.24, 2.45) is 0 Å². The summed E-state index contributed by atoms with van der Waals surface area (Å²) in [5, 5.41) is 10.6. The summed E-state index contributed by atoms with van der Waals surface area (Å²) in [7, 11) is -4.00. The highest BCUT2D eigenvalue weighted by atomic mass is 28.3. The van der Waals surface area contributed by atoms with Gasteiger partial charge in [0, 0.05) is 11.1 Å². The quantitative estimate of drug-likeness (QED) is 0.0922. The first-order valence-electron chi connectivity index (χ1n) is 21.6. The molecular weight excluding hydrogens is 681 g/mol. The van der Waals surface area contributed by atoms with Crippen LogP contribution in [0.4, 0.5) is 0 Å². The molecule has 0 aliphatic heterocycles. The summed E-state index contributed by atoms with van der Waals surface area (Å²) in [6.45, 7) is 29.1. The molecule has 0 bridgehead atoms. The molecule has 0 unspecified atom stereocenters. The van der Waals surface area contributed by atoms with Crippen molar-refractivity contribution < 1.29 is 0 Å². The highest BCUT2D eigenvalue weighted by molar-refractivity contribution is 6.91. The molecule has 5 aromatic rings. The standard InChI is InChI=1S/C52H66Si2/c1-33(2)53(34(3)4,41-17-13-14-18-41)27-25-43-49-29-45-37(9)21-23-39(11)47(45)31-51(49)44(26-28-54(35(5)6,36(7)8)42-19-15-16-20-42)52-32-48-40(12)24-22-38(10)46(48)30-50(43)52/h21-24,29-36,41-42H,13-20H2,1-12H3. The molecule has 2 aliphatic rings. The van der Waals surface area contributed by atoms with Crippen LogP contribution in [-0.2, 0) is 0 Å². The first-order valence-corrected chi connectivity index (χ1v) is 26.1. The van der Waals surface area contributed by atoms with Gasteiger partial charge in [0.1, 0.15) is 16.1 Å². The van der Waals surface area contributed by atoms with Gasteiger partial charge in [0.25, 0.3) is 0 Å². The maximum Gasteiger partial charge on any atom is 0.147 e. The van der Waals surface area contributed by atoms with Gasteiger partial charge in [-0.3, -0.25) is 0 Å². The van der Waals surface area contributed by atoms with Crippen molar-refractivity contribution in [3.63, 3.8) is 0 Å². The monoisotopic (exact) mass is 746 g/mol. The lowest BCUT2D eigenvalue weighted by molar-refractivity contribution is 0.764. The second-order valence-corrected chi connectivity index (χ2v) is 29.5. The van der Waals surface area contributed by atoms with Crippen molar-refractivity contribution in [1.29, 1.82) is 0 Å². The predicted octanol–water partition coefficient (Wildman–Crippen LogP) is 15.7. The SMILES string of the molecule is Cc1ccc(C)c2cc3c(C#C[Si](C(C)C)(C(C)C)C4CCCC4)c4cc5c(C)ccc(C)c5cc4c(C#C[Si](C(C)C)(C(C)C)C4CCCC4)c3cc12. The molecule has 0 N–H and O–H groups in total. The van der Waals surface area contributed by atoms with Crippen molar-refractivity contribution in [2.75, 3.05) is 0 Å². The van der Waals surface area contributed by atoms with Crippen LogP contribution in [0.25, 0.3) is 43.1 Å². The normalized spacial score (nSPS) is 16.1. The Morgan fingerprint density at radius 1 is 0.407 bits per heavy atom. The second-order valence-electron chi connectivity index (χ2n) is 19.0. The lowest BCUT2D eigenvalue weighted by Crippen LogP contribution is -2.44. The van der Waals surface area contributed by atoms with Crippen LogP contribution >= 0.6 is 0 Å². The molecule has 2 fully saturated rings. The molecule has 0 aromatic heterocycles. The van der Waals surface area contributed by atoms with E-state index >= 15 is 0 Å². The molecule has 0 heterocycles. The van der Waals surface area contributed by atoms with E-state index in [9.17, 15) is 0 Å². The fourth-order valence-electron chi connectivity index (χ4n) is 11.9. The smallest absolute Gasteiger partial charge is 0.125 e. The number of hydrogen-bond donors (Lipinski definition) is 0. The van der Waals surface area contributed by atoms with Crippen molar-refractivity contribution in [2.45, 2.75) is 168 Å². The molecule has 2 saturated carbocycles. The van der Waals surface area contributed by atoms with E-state index in [0.717, 1.165) is 11.1 Å². The molecule has 5 aromatic carbocycles. The third kappa shape index (κ3) is 6.29. The topological polar surface area (TPSA) is 0 Å². The largest absolute Gasteiger partial charge is 0.147 e. The van der Waals surface area contributed by atoms with Gasteiger partial charge in [-0.15, -0.1) is 11.1 Å². The minimum absolute atomic E-state index is 0.618. The number of rotatable bonds is 6. The van der Waals surface area contributed by atoms with Crippen molar-refractivity contribution in [1.82, 2.24) is 0 Å². The summed E-state index contributed by atoms with van der Waals surface area (Å²) in [6.07, 6.45) is 10.9. The number of hydrogen-bond acceptors (Lipinski definition) is 0. The third-order valence-corrected chi connectivity index (χ3v) is 27.6. The molecule has 2 heteroatoms. The summed E-state index contributed by atoms with van der Waals surface area (Å²) >= 11 is 0. The molecule has 0 spiro atoms. The highest BCUT2D eigenvalue weighted by Gasteiger charge is 2.48. The van der Waals surface area contributed by atoms with Gasteiger partial charge in [0.05, 0.1) is 0 Å². The first kappa shape index (κ1) is 38.9. The van der Waals surface area contributed by atoms with Gasteiger partial charge in [-0.05, 0) is 151 Å². The van der Waals surface area contributed by atoms with Crippen molar-refractivity contribution in [3.8, 4) is 22.9 Å². The van der Waals surface area contributed by atoms with Crippen LogP contribution in [0.3, 0.4) is 0 Å². The molecule has 0 radical (unpaired) electrons. The molecule has 0 saturated heterocycles. The fraction of sp³-hybridized carbons (Fsp3) is 0.500. The summed E-state index contributed by atoms with van der Waals surface area (Å²) in [5.41, 5.74) is 20.5. The van der Waals surface area contributed by atoms with Crippen LogP contribution in [0, 0.1) is 50.6 Å². The van der Waals surface area contributed by atoms with E-state index in [1.54, 1.807) is 0 Å². The van der Waals surface area contributed by atoms with Crippen molar-refractivity contribution >= 4 is 59.2 Å². The van der Waals surface area contributed by atoms with Gasteiger partial charge in [-0.25, -0.2) is 0 Å². The molecule has 7 rings (SSSR count). The lowest BCUT2D eigenvalue weighted by Gasteiger charge is -2.39.